The number of rotatable bonds is 8. The maximum Gasteiger partial charge on any atom is 0.0384 e. The van der Waals surface area contributed by atoms with Gasteiger partial charge in [0.2, 0.25) is 0 Å². The van der Waals surface area contributed by atoms with Crippen LogP contribution in [0.2, 0.25) is 0 Å². The average Bonchev–Trinajstić information content (AvgIpc) is 2.83. The number of nitrogens with two attached hydrogens (primary N) is 2. The van der Waals surface area contributed by atoms with Crippen LogP contribution in [0.15, 0.2) is 48.5 Å². The van der Waals surface area contributed by atoms with Gasteiger partial charge in [-0.3, -0.25) is 0 Å². The summed E-state index contributed by atoms with van der Waals surface area (Å²) in [6, 6.07) is 18.6. The quantitative estimate of drug-likeness (QED) is 0.295. The Morgan fingerprint density at radius 2 is 0.711 bits per heavy atom. The van der Waals surface area contributed by atoms with Crippen LogP contribution in [-0.2, 0) is 10.8 Å². The molecule has 0 heterocycles. The van der Waals surface area contributed by atoms with E-state index in [-0.39, 0.29) is 10.8 Å². The minimum Gasteiger partial charge on any atom is -0.398 e. The Morgan fingerprint density at radius 1 is 0.447 bits per heavy atom. The SMILES string of the molecule is CC(C)c1cc(C(C)(C)c2cccc(C(C)(C)c3cc(C(C)C)c(N)c(C(C)C)c3)c2)cc(C(C)C)c1N. The van der Waals surface area contributed by atoms with Crippen molar-refractivity contribution in [3.8, 4) is 0 Å². The lowest BCUT2D eigenvalue weighted by molar-refractivity contribution is 0.613. The first-order valence-corrected chi connectivity index (χ1v) is 14.5. The fraction of sp³-hybridized carbons (Fsp3) is 0.500. The van der Waals surface area contributed by atoms with E-state index in [9.17, 15) is 0 Å². The smallest absolute Gasteiger partial charge is 0.0384 e. The summed E-state index contributed by atoms with van der Waals surface area (Å²) < 4.78 is 0. The largest absolute Gasteiger partial charge is 0.398 e. The average molecular weight is 513 g/mol. The predicted molar refractivity (Wildman–Crippen MR) is 169 cm³/mol. The van der Waals surface area contributed by atoms with Crippen molar-refractivity contribution in [1.29, 1.82) is 0 Å². The maximum atomic E-state index is 6.65. The van der Waals surface area contributed by atoms with E-state index in [1.807, 2.05) is 0 Å². The Hall–Kier alpha value is -2.74. The number of anilines is 2. The second-order valence-electron chi connectivity index (χ2n) is 13.6. The van der Waals surface area contributed by atoms with Crippen LogP contribution in [0.25, 0.3) is 0 Å². The molecule has 0 bridgehead atoms. The van der Waals surface area contributed by atoms with Gasteiger partial charge in [-0.15, -0.1) is 0 Å². The summed E-state index contributed by atoms with van der Waals surface area (Å²) in [5.74, 6) is 1.52. The summed E-state index contributed by atoms with van der Waals surface area (Å²) >= 11 is 0. The molecule has 0 spiro atoms. The lowest BCUT2D eigenvalue weighted by Crippen LogP contribution is -2.24. The molecule has 3 aromatic rings. The zero-order valence-electron chi connectivity index (χ0n) is 26.1. The van der Waals surface area contributed by atoms with E-state index >= 15 is 0 Å². The van der Waals surface area contributed by atoms with E-state index in [1.54, 1.807) is 0 Å². The molecule has 206 valence electrons. The van der Waals surface area contributed by atoms with Crippen LogP contribution < -0.4 is 11.5 Å². The Balaban J connectivity index is 2.18. The molecule has 38 heavy (non-hydrogen) atoms. The second kappa shape index (κ2) is 10.8. The first-order valence-electron chi connectivity index (χ1n) is 14.5. The van der Waals surface area contributed by atoms with E-state index in [0.29, 0.717) is 23.7 Å². The van der Waals surface area contributed by atoms with Crippen molar-refractivity contribution in [2.24, 2.45) is 0 Å². The Bertz CT molecular complexity index is 1130. The standard InChI is InChI=1S/C36H52N2/c1-21(2)29-17-27(18-30(22(3)4)33(29)37)35(9,10)25-14-13-15-26(16-25)36(11,12)28-19-31(23(5)6)34(38)32(20-28)24(7)8/h13-24H,37-38H2,1-12H3. The van der Waals surface area contributed by atoms with Crippen LogP contribution >= 0.6 is 0 Å². The van der Waals surface area contributed by atoms with Gasteiger partial charge >= 0.3 is 0 Å². The summed E-state index contributed by atoms with van der Waals surface area (Å²) in [6.45, 7) is 27.3. The second-order valence-corrected chi connectivity index (χ2v) is 13.6. The molecule has 0 aromatic heterocycles. The highest BCUT2D eigenvalue weighted by atomic mass is 14.6. The van der Waals surface area contributed by atoms with Crippen LogP contribution in [0, 0.1) is 0 Å². The van der Waals surface area contributed by atoms with E-state index in [0.717, 1.165) is 11.4 Å². The van der Waals surface area contributed by atoms with Crippen LogP contribution in [0.3, 0.4) is 0 Å². The number of nitrogen functional groups attached to an aromatic ring is 2. The number of benzene rings is 3. The Kier molecular flexibility index (Phi) is 8.47. The third-order valence-electron chi connectivity index (χ3n) is 8.73. The molecular formula is C36H52N2. The summed E-state index contributed by atoms with van der Waals surface area (Å²) in [4.78, 5) is 0. The van der Waals surface area contributed by atoms with Crippen molar-refractivity contribution in [3.63, 3.8) is 0 Å². The normalized spacial score (nSPS) is 12.8. The highest BCUT2D eigenvalue weighted by Gasteiger charge is 2.30. The van der Waals surface area contributed by atoms with Crippen molar-refractivity contribution >= 4 is 11.4 Å². The topological polar surface area (TPSA) is 52.0 Å². The van der Waals surface area contributed by atoms with Gasteiger partial charge in [-0.2, -0.15) is 0 Å². The molecule has 2 heteroatoms. The molecule has 3 rings (SSSR count). The van der Waals surface area contributed by atoms with E-state index in [1.165, 1.54) is 44.5 Å². The van der Waals surface area contributed by atoms with Gasteiger partial charge in [0.15, 0.2) is 0 Å². The molecule has 3 aromatic carbocycles. The van der Waals surface area contributed by atoms with Gasteiger partial charge in [0.25, 0.3) is 0 Å². The molecule has 4 N–H and O–H groups in total. The molecule has 0 saturated carbocycles. The highest BCUT2D eigenvalue weighted by molar-refractivity contribution is 5.62. The molecule has 0 aliphatic heterocycles. The van der Waals surface area contributed by atoms with Crippen molar-refractivity contribution in [3.05, 3.63) is 93.0 Å². The molecule has 0 amide bonds. The van der Waals surface area contributed by atoms with Gasteiger partial charge in [-0.05, 0) is 68.2 Å². The zero-order chi connectivity index (χ0) is 28.7. The van der Waals surface area contributed by atoms with E-state index in [4.69, 9.17) is 11.5 Å². The summed E-state index contributed by atoms with van der Waals surface area (Å²) in [6.07, 6.45) is 0. The molecule has 0 fully saturated rings. The first kappa shape index (κ1) is 29.8. The van der Waals surface area contributed by atoms with E-state index < -0.39 is 0 Å². The molecule has 0 unspecified atom stereocenters. The fourth-order valence-electron chi connectivity index (χ4n) is 5.66. The molecule has 0 aliphatic rings. The van der Waals surface area contributed by atoms with Gasteiger partial charge in [0, 0.05) is 22.2 Å². The summed E-state index contributed by atoms with van der Waals surface area (Å²) in [5.41, 5.74) is 25.2. The molecule has 0 aliphatic carbocycles. The maximum absolute atomic E-state index is 6.65. The van der Waals surface area contributed by atoms with Gasteiger partial charge in [0.05, 0.1) is 0 Å². The molecular weight excluding hydrogens is 460 g/mol. The fourth-order valence-corrected chi connectivity index (χ4v) is 5.66. The zero-order valence-corrected chi connectivity index (χ0v) is 26.1. The lowest BCUT2D eigenvalue weighted by Gasteiger charge is -2.33. The molecule has 0 radical (unpaired) electrons. The predicted octanol–water partition coefficient (Wildman–Crippen LogP) is 10.00. The molecule has 2 nitrogen and oxygen atoms in total. The minimum atomic E-state index is -0.166. The van der Waals surface area contributed by atoms with Crippen LogP contribution in [0.1, 0.15) is 151 Å². The van der Waals surface area contributed by atoms with Gasteiger partial charge < -0.3 is 11.5 Å². The first-order chi connectivity index (χ1) is 17.5. The molecule has 0 atom stereocenters. The van der Waals surface area contributed by atoms with Crippen LogP contribution in [-0.4, -0.2) is 0 Å². The highest BCUT2D eigenvalue weighted by Crippen LogP contribution is 2.42. The lowest BCUT2D eigenvalue weighted by atomic mass is 9.71. The minimum absolute atomic E-state index is 0.166. The van der Waals surface area contributed by atoms with Gasteiger partial charge in [0.1, 0.15) is 0 Å². The van der Waals surface area contributed by atoms with Crippen LogP contribution in [0.5, 0.6) is 0 Å². The van der Waals surface area contributed by atoms with Crippen molar-refractivity contribution in [2.45, 2.75) is 118 Å². The van der Waals surface area contributed by atoms with Crippen molar-refractivity contribution in [1.82, 2.24) is 0 Å². The van der Waals surface area contributed by atoms with Gasteiger partial charge in [-0.25, -0.2) is 0 Å². The monoisotopic (exact) mass is 512 g/mol. The van der Waals surface area contributed by atoms with E-state index in [2.05, 4.69) is 132 Å². The Labute approximate surface area is 233 Å². The third kappa shape index (κ3) is 5.51. The summed E-state index contributed by atoms with van der Waals surface area (Å²) in [7, 11) is 0. The van der Waals surface area contributed by atoms with Crippen LogP contribution in [0.4, 0.5) is 11.4 Å². The Morgan fingerprint density at radius 3 is 0.947 bits per heavy atom. The summed E-state index contributed by atoms with van der Waals surface area (Å²) in [5, 5.41) is 0. The molecule has 0 saturated heterocycles. The van der Waals surface area contributed by atoms with Crippen molar-refractivity contribution in [2.75, 3.05) is 11.5 Å². The number of hydrogen-bond acceptors (Lipinski definition) is 2. The van der Waals surface area contributed by atoms with Gasteiger partial charge in [-0.1, -0.05) is 132 Å². The number of hydrogen-bond donors (Lipinski definition) is 2. The van der Waals surface area contributed by atoms with Crippen molar-refractivity contribution < 1.29 is 0 Å². The third-order valence-corrected chi connectivity index (χ3v) is 8.73.